The van der Waals surface area contributed by atoms with Crippen LogP contribution in [0.15, 0.2) is 54.6 Å². The van der Waals surface area contributed by atoms with E-state index in [1.807, 2.05) is 36.4 Å². The van der Waals surface area contributed by atoms with Gasteiger partial charge in [0.2, 0.25) is 5.91 Å². The number of carbonyl (C=O) groups is 3. The molecule has 1 heterocycles. The number of carbonyl (C=O) groups excluding carboxylic acids is 3. The first kappa shape index (κ1) is 24.1. The third kappa shape index (κ3) is 5.73. The molecule has 0 unspecified atom stereocenters. The lowest BCUT2D eigenvalue weighted by Gasteiger charge is -2.46. The van der Waals surface area contributed by atoms with Gasteiger partial charge in [-0.1, -0.05) is 66.1 Å². The molecule has 1 fully saturated rings. The highest BCUT2D eigenvalue weighted by atomic mass is 16.6. The molecule has 1 aliphatic carbocycles. The number of likely N-dealkylation sites (tertiary alicyclic amines) is 1. The van der Waals surface area contributed by atoms with Gasteiger partial charge in [0.05, 0.1) is 5.92 Å². The zero-order valence-corrected chi connectivity index (χ0v) is 20.0. The van der Waals surface area contributed by atoms with Crippen LogP contribution in [0.25, 0.3) is 10.8 Å². The van der Waals surface area contributed by atoms with Crippen LogP contribution in [0.3, 0.4) is 0 Å². The summed E-state index contributed by atoms with van der Waals surface area (Å²) in [6, 6.07) is 13.4. The lowest BCUT2D eigenvalue weighted by molar-refractivity contribution is -0.168. The zero-order chi connectivity index (χ0) is 25.0. The molecule has 1 aliphatic heterocycles. The Kier molecular flexibility index (Phi) is 6.94. The van der Waals surface area contributed by atoms with Crippen LogP contribution in [-0.2, 0) is 25.5 Å². The predicted octanol–water partition coefficient (Wildman–Crippen LogP) is 4.41. The molecule has 6 nitrogen and oxygen atoms in total. The smallest absolute Gasteiger partial charge is 0.417 e. The highest BCUT2D eigenvalue weighted by Gasteiger charge is 2.56. The number of allylic oxidation sites excluding steroid dienone is 2. The van der Waals surface area contributed by atoms with E-state index in [4.69, 9.17) is 9.47 Å². The molecule has 0 radical (unpaired) electrons. The second kappa shape index (κ2) is 10.1. The molecule has 178 valence electrons. The number of fused-ring (bicyclic) bond motifs is 2. The molecule has 2 aromatic carbocycles. The van der Waals surface area contributed by atoms with Gasteiger partial charge in [-0.15, -0.1) is 0 Å². The minimum Gasteiger partial charge on any atom is -0.447 e. The quantitative estimate of drug-likeness (QED) is 0.377. The fourth-order valence-corrected chi connectivity index (χ4v) is 4.11. The number of nitrogens with zero attached hydrogens (tertiary/aromatic N) is 1. The summed E-state index contributed by atoms with van der Waals surface area (Å²) in [6.45, 7) is 5.17. The number of ether oxygens (including phenoxy) is 2. The largest absolute Gasteiger partial charge is 0.447 e. The van der Waals surface area contributed by atoms with Gasteiger partial charge in [-0.3, -0.25) is 9.59 Å². The molecule has 35 heavy (non-hydrogen) atoms. The first-order valence-electron chi connectivity index (χ1n) is 11.6. The van der Waals surface area contributed by atoms with Crippen molar-refractivity contribution in [3.8, 4) is 23.7 Å². The Morgan fingerprint density at radius 2 is 1.80 bits per heavy atom. The van der Waals surface area contributed by atoms with Crippen LogP contribution in [0, 0.1) is 29.6 Å². The molecule has 0 saturated carbocycles. The van der Waals surface area contributed by atoms with E-state index in [9.17, 15) is 14.4 Å². The maximum Gasteiger partial charge on any atom is 0.417 e. The van der Waals surface area contributed by atoms with Crippen molar-refractivity contribution in [2.24, 2.45) is 5.92 Å². The Bertz CT molecular complexity index is 1310. The average Bonchev–Trinajstić information content (AvgIpc) is 2.80. The Morgan fingerprint density at radius 1 is 1.06 bits per heavy atom. The third-order valence-electron chi connectivity index (χ3n) is 5.76. The summed E-state index contributed by atoms with van der Waals surface area (Å²) < 4.78 is 11.1. The summed E-state index contributed by atoms with van der Waals surface area (Å²) in [5.41, 5.74) is 0.238. The van der Waals surface area contributed by atoms with Gasteiger partial charge >= 0.3 is 12.1 Å². The van der Waals surface area contributed by atoms with Gasteiger partial charge < -0.3 is 9.47 Å². The van der Waals surface area contributed by atoms with Crippen molar-refractivity contribution in [2.75, 3.05) is 0 Å². The Morgan fingerprint density at radius 3 is 2.57 bits per heavy atom. The van der Waals surface area contributed by atoms with Gasteiger partial charge in [0, 0.05) is 12.8 Å². The highest BCUT2D eigenvalue weighted by molar-refractivity contribution is 6.00. The molecule has 0 bridgehead atoms. The van der Waals surface area contributed by atoms with Crippen molar-refractivity contribution in [1.82, 2.24) is 4.90 Å². The lowest BCUT2D eigenvalue weighted by atomic mass is 9.81. The molecule has 2 aliphatic rings. The summed E-state index contributed by atoms with van der Waals surface area (Å²) >= 11 is 0. The topological polar surface area (TPSA) is 72.9 Å². The first-order valence-corrected chi connectivity index (χ1v) is 11.6. The number of benzene rings is 2. The molecule has 4 rings (SSSR count). The maximum atomic E-state index is 12.8. The fourth-order valence-electron chi connectivity index (χ4n) is 4.11. The van der Waals surface area contributed by atoms with Crippen molar-refractivity contribution in [3.05, 3.63) is 60.2 Å². The van der Waals surface area contributed by atoms with E-state index < -0.39 is 41.6 Å². The molecule has 0 spiro atoms. The number of amides is 2. The zero-order valence-electron chi connectivity index (χ0n) is 20.0. The second-order valence-corrected chi connectivity index (χ2v) is 9.52. The van der Waals surface area contributed by atoms with Crippen LogP contribution < -0.4 is 0 Å². The molecule has 2 amide bonds. The number of imide groups is 1. The summed E-state index contributed by atoms with van der Waals surface area (Å²) in [5, 5.41) is 2.24. The summed E-state index contributed by atoms with van der Waals surface area (Å²) in [7, 11) is 0. The molecule has 0 N–H and O–H groups in total. The molecule has 6 heteroatoms. The molecular weight excluding hydrogens is 442 g/mol. The van der Waals surface area contributed by atoms with Gasteiger partial charge in [0.1, 0.15) is 11.6 Å². The summed E-state index contributed by atoms with van der Waals surface area (Å²) in [4.78, 5) is 39.4. The van der Waals surface area contributed by atoms with Crippen LogP contribution in [0.2, 0.25) is 0 Å². The lowest BCUT2D eigenvalue weighted by Crippen LogP contribution is -2.68. The number of aryl methyl sites for hydroxylation is 1. The summed E-state index contributed by atoms with van der Waals surface area (Å²) in [6.07, 6.45) is 2.27. The minimum absolute atomic E-state index is 0.143. The predicted molar refractivity (Wildman–Crippen MR) is 132 cm³/mol. The van der Waals surface area contributed by atoms with Crippen molar-refractivity contribution in [1.29, 1.82) is 0 Å². The van der Waals surface area contributed by atoms with E-state index in [0.717, 1.165) is 21.2 Å². The molecule has 0 aromatic heterocycles. The Balaban J connectivity index is 1.49. The van der Waals surface area contributed by atoms with Crippen LogP contribution in [-0.4, -0.2) is 40.6 Å². The maximum absolute atomic E-state index is 12.8. The van der Waals surface area contributed by atoms with E-state index in [0.29, 0.717) is 6.42 Å². The van der Waals surface area contributed by atoms with E-state index in [1.165, 1.54) is 0 Å². The van der Waals surface area contributed by atoms with E-state index in [2.05, 4.69) is 29.7 Å². The molecular formula is C29H27NO5. The van der Waals surface area contributed by atoms with Crippen LogP contribution >= 0.6 is 0 Å². The van der Waals surface area contributed by atoms with Crippen molar-refractivity contribution < 1.29 is 23.9 Å². The third-order valence-corrected chi connectivity index (χ3v) is 5.76. The monoisotopic (exact) mass is 469 g/mol. The van der Waals surface area contributed by atoms with Crippen LogP contribution in [0.5, 0.6) is 0 Å². The molecule has 3 atom stereocenters. The Hall–Kier alpha value is -4.03. The molecule has 2 aromatic rings. The van der Waals surface area contributed by atoms with Gasteiger partial charge in [-0.05, 0) is 55.7 Å². The number of β-lactam (4-membered cyclic amide) rings is 1. The van der Waals surface area contributed by atoms with Crippen LogP contribution in [0.1, 0.15) is 39.2 Å². The van der Waals surface area contributed by atoms with Crippen molar-refractivity contribution in [2.45, 2.75) is 57.8 Å². The fraction of sp³-hybridized carbons (Fsp3) is 0.345. The van der Waals surface area contributed by atoms with E-state index in [-0.39, 0.29) is 12.8 Å². The van der Waals surface area contributed by atoms with Gasteiger partial charge in [-0.2, -0.15) is 0 Å². The van der Waals surface area contributed by atoms with E-state index >= 15 is 0 Å². The minimum atomic E-state index is -0.973. The van der Waals surface area contributed by atoms with Gasteiger partial charge in [0.15, 0.2) is 6.10 Å². The number of hydrogen-bond donors (Lipinski definition) is 0. The second-order valence-electron chi connectivity index (χ2n) is 9.52. The normalized spacial score (nSPS) is 21.9. The summed E-state index contributed by atoms with van der Waals surface area (Å²) in [5.74, 6) is 9.99. The van der Waals surface area contributed by atoms with Crippen molar-refractivity contribution in [3.63, 3.8) is 0 Å². The number of esters is 1. The first-order chi connectivity index (χ1) is 16.7. The van der Waals surface area contributed by atoms with Crippen LogP contribution in [0.4, 0.5) is 4.79 Å². The van der Waals surface area contributed by atoms with Gasteiger partial charge in [-0.25, -0.2) is 9.69 Å². The van der Waals surface area contributed by atoms with E-state index in [1.54, 1.807) is 32.9 Å². The number of rotatable bonds is 4. The average molecular weight is 470 g/mol. The number of hydrogen-bond acceptors (Lipinski definition) is 5. The molecule has 1 saturated heterocycles. The van der Waals surface area contributed by atoms with Gasteiger partial charge in [0.25, 0.3) is 0 Å². The SMILES string of the molecule is CC(C)(C)OC(=O)N1C(=O)[C@@H]2CC#C/C=C\C#C[C@@H](OC(=O)CCc3ccc4ccccc4c3)[C@H]21. The Labute approximate surface area is 205 Å². The van der Waals surface area contributed by atoms with Crippen molar-refractivity contribution >= 4 is 28.7 Å². The highest BCUT2D eigenvalue weighted by Crippen LogP contribution is 2.35. The standard InChI is InChI=1S/C29H27NO5/c1-29(2,3)35-28(33)30-26-23(27(30)32)13-7-5-4-6-8-14-24(26)34-25(31)18-16-20-15-17-21-11-9-10-12-22(21)19-20/h4,6,9-12,15,17,19,23-24,26H,13,16,18H2,1-3H3/b6-4-/t23-,24-,26+/m1/s1.